The van der Waals surface area contributed by atoms with E-state index in [2.05, 4.69) is 4.98 Å². The number of thiocarbonyl (C=S) groups is 1. The number of ether oxygens (including phenoxy) is 1. The van der Waals surface area contributed by atoms with E-state index in [1.165, 1.54) is 0 Å². The molecule has 0 saturated carbocycles. The van der Waals surface area contributed by atoms with Crippen molar-refractivity contribution in [3.8, 4) is 5.88 Å². The Morgan fingerprint density at radius 3 is 2.73 bits per heavy atom. The van der Waals surface area contributed by atoms with E-state index in [1.807, 2.05) is 19.0 Å². The molecule has 5 heteroatoms. The monoisotopic (exact) mass is 225 g/mol. The Bertz CT molecular complexity index is 324. The zero-order chi connectivity index (χ0) is 11.3. The molecule has 0 aromatic carbocycles. The van der Waals surface area contributed by atoms with Crippen molar-refractivity contribution in [2.45, 2.75) is 0 Å². The molecule has 2 N–H and O–H groups in total. The Morgan fingerprint density at radius 1 is 1.53 bits per heavy atom. The van der Waals surface area contributed by atoms with Crippen LogP contribution in [0.15, 0.2) is 18.3 Å². The second-order valence-electron chi connectivity index (χ2n) is 3.40. The molecule has 0 atom stereocenters. The van der Waals surface area contributed by atoms with Crippen LogP contribution >= 0.6 is 12.2 Å². The smallest absolute Gasteiger partial charge is 0.213 e. The van der Waals surface area contributed by atoms with Gasteiger partial charge in [0.05, 0.1) is 0 Å². The van der Waals surface area contributed by atoms with Gasteiger partial charge in [-0.2, -0.15) is 0 Å². The third kappa shape index (κ3) is 4.22. The van der Waals surface area contributed by atoms with Crippen LogP contribution in [0.2, 0.25) is 0 Å². The van der Waals surface area contributed by atoms with Crippen molar-refractivity contribution in [1.82, 2.24) is 9.88 Å². The fourth-order valence-corrected chi connectivity index (χ4v) is 1.06. The number of nitrogens with zero attached hydrogens (tertiary/aromatic N) is 2. The zero-order valence-electron chi connectivity index (χ0n) is 8.93. The highest BCUT2D eigenvalue weighted by Crippen LogP contribution is 2.07. The Labute approximate surface area is 95.0 Å². The Balaban J connectivity index is 2.46. The minimum absolute atomic E-state index is 0.349. The van der Waals surface area contributed by atoms with Crippen LogP contribution in [0.5, 0.6) is 5.88 Å². The molecule has 0 aliphatic rings. The third-order valence-electron chi connectivity index (χ3n) is 1.81. The summed E-state index contributed by atoms with van der Waals surface area (Å²) in [5.74, 6) is 0.594. The standard InChI is InChI=1S/C10H15N3OS/c1-13(2)5-6-14-9-4-3-8(7-12-9)10(11)15/h3-4,7H,5-6H2,1-2H3,(H2,11,15). The maximum atomic E-state index is 5.45. The molecule has 0 aliphatic carbocycles. The molecule has 1 aromatic heterocycles. The SMILES string of the molecule is CN(C)CCOc1ccc(C(N)=S)cn1. The normalized spacial score (nSPS) is 10.3. The van der Waals surface area contributed by atoms with Crippen LogP contribution in [0.4, 0.5) is 0 Å². The predicted octanol–water partition coefficient (Wildman–Crippen LogP) is 0.656. The van der Waals surface area contributed by atoms with E-state index in [4.69, 9.17) is 22.7 Å². The lowest BCUT2D eigenvalue weighted by molar-refractivity contribution is 0.254. The van der Waals surface area contributed by atoms with E-state index in [-0.39, 0.29) is 0 Å². The predicted molar refractivity (Wildman–Crippen MR) is 64.2 cm³/mol. The highest BCUT2D eigenvalue weighted by molar-refractivity contribution is 7.80. The van der Waals surface area contributed by atoms with Crippen LogP contribution in [-0.4, -0.2) is 42.1 Å². The van der Waals surface area contributed by atoms with Gasteiger partial charge in [0, 0.05) is 24.4 Å². The molecule has 0 spiro atoms. The third-order valence-corrected chi connectivity index (χ3v) is 2.05. The van der Waals surface area contributed by atoms with Crippen LogP contribution in [-0.2, 0) is 0 Å². The number of aromatic nitrogens is 1. The number of nitrogens with two attached hydrogens (primary N) is 1. The summed E-state index contributed by atoms with van der Waals surface area (Å²) in [6.07, 6.45) is 1.62. The summed E-state index contributed by atoms with van der Waals surface area (Å²) >= 11 is 4.82. The van der Waals surface area contributed by atoms with E-state index < -0.39 is 0 Å². The van der Waals surface area contributed by atoms with Gasteiger partial charge in [-0.1, -0.05) is 12.2 Å². The van der Waals surface area contributed by atoms with E-state index in [0.29, 0.717) is 17.5 Å². The molecule has 0 saturated heterocycles. The van der Waals surface area contributed by atoms with Gasteiger partial charge in [0.2, 0.25) is 5.88 Å². The lowest BCUT2D eigenvalue weighted by Gasteiger charge is -2.10. The topological polar surface area (TPSA) is 51.4 Å². The highest BCUT2D eigenvalue weighted by Gasteiger charge is 1.99. The first kappa shape index (κ1) is 11.9. The lowest BCUT2D eigenvalue weighted by atomic mass is 10.3. The first-order valence-corrected chi connectivity index (χ1v) is 5.04. The molecule has 0 bridgehead atoms. The number of pyridine rings is 1. The number of likely N-dealkylation sites (N-methyl/N-ethyl adjacent to an activating group) is 1. The molecular weight excluding hydrogens is 210 g/mol. The fourth-order valence-electron chi connectivity index (χ4n) is 0.944. The van der Waals surface area contributed by atoms with Gasteiger partial charge in [0.1, 0.15) is 11.6 Å². The van der Waals surface area contributed by atoms with Crippen molar-refractivity contribution >= 4 is 17.2 Å². The van der Waals surface area contributed by atoms with Crippen molar-refractivity contribution in [3.05, 3.63) is 23.9 Å². The molecule has 1 rings (SSSR count). The number of hydrogen-bond acceptors (Lipinski definition) is 4. The largest absolute Gasteiger partial charge is 0.476 e. The molecule has 1 aromatic rings. The van der Waals surface area contributed by atoms with Gasteiger partial charge in [0.15, 0.2) is 0 Å². The highest BCUT2D eigenvalue weighted by atomic mass is 32.1. The summed E-state index contributed by atoms with van der Waals surface area (Å²) in [6.45, 7) is 1.48. The first-order valence-electron chi connectivity index (χ1n) is 4.63. The zero-order valence-corrected chi connectivity index (χ0v) is 9.75. The number of hydrogen-bond donors (Lipinski definition) is 1. The van der Waals surface area contributed by atoms with E-state index in [0.717, 1.165) is 12.1 Å². The molecule has 0 radical (unpaired) electrons. The molecular formula is C10H15N3OS. The summed E-state index contributed by atoms with van der Waals surface area (Å²) in [5.41, 5.74) is 6.20. The van der Waals surface area contributed by atoms with Crippen LogP contribution < -0.4 is 10.5 Å². The Kier molecular flexibility index (Phi) is 4.45. The summed E-state index contributed by atoms with van der Waals surface area (Å²) in [7, 11) is 3.99. The van der Waals surface area contributed by atoms with Crippen molar-refractivity contribution in [2.24, 2.45) is 5.73 Å². The minimum atomic E-state index is 0.349. The molecule has 1 heterocycles. The first-order chi connectivity index (χ1) is 7.09. The fraction of sp³-hybridized carbons (Fsp3) is 0.400. The second-order valence-corrected chi connectivity index (χ2v) is 3.84. The molecule has 0 amide bonds. The Morgan fingerprint density at radius 2 is 2.27 bits per heavy atom. The van der Waals surface area contributed by atoms with E-state index in [9.17, 15) is 0 Å². The van der Waals surface area contributed by atoms with Crippen molar-refractivity contribution in [1.29, 1.82) is 0 Å². The number of rotatable bonds is 5. The second kappa shape index (κ2) is 5.63. The molecule has 0 fully saturated rings. The van der Waals surface area contributed by atoms with Crippen molar-refractivity contribution in [3.63, 3.8) is 0 Å². The van der Waals surface area contributed by atoms with Crippen LogP contribution in [0.1, 0.15) is 5.56 Å². The molecule has 4 nitrogen and oxygen atoms in total. The van der Waals surface area contributed by atoms with E-state index >= 15 is 0 Å². The molecule has 82 valence electrons. The van der Waals surface area contributed by atoms with Gasteiger partial charge in [-0.25, -0.2) is 4.98 Å². The quantitative estimate of drug-likeness (QED) is 0.746. The van der Waals surface area contributed by atoms with Gasteiger partial charge >= 0.3 is 0 Å². The maximum absolute atomic E-state index is 5.45. The summed E-state index contributed by atoms with van der Waals surface area (Å²) in [6, 6.07) is 3.57. The van der Waals surface area contributed by atoms with Gasteiger partial charge in [-0.3, -0.25) is 0 Å². The van der Waals surface area contributed by atoms with Gasteiger partial charge < -0.3 is 15.4 Å². The molecule has 0 aliphatic heterocycles. The van der Waals surface area contributed by atoms with E-state index in [1.54, 1.807) is 18.3 Å². The molecule has 0 unspecified atom stereocenters. The van der Waals surface area contributed by atoms with Crippen LogP contribution in [0, 0.1) is 0 Å². The minimum Gasteiger partial charge on any atom is -0.476 e. The Hall–Kier alpha value is -1.20. The average molecular weight is 225 g/mol. The van der Waals surface area contributed by atoms with Crippen molar-refractivity contribution < 1.29 is 4.74 Å². The summed E-state index contributed by atoms with van der Waals surface area (Å²) in [5, 5.41) is 0. The van der Waals surface area contributed by atoms with Crippen LogP contribution in [0.25, 0.3) is 0 Å². The van der Waals surface area contributed by atoms with Crippen LogP contribution in [0.3, 0.4) is 0 Å². The summed E-state index contributed by atoms with van der Waals surface area (Å²) in [4.78, 5) is 6.48. The van der Waals surface area contributed by atoms with Crippen molar-refractivity contribution in [2.75, 3.05) is 27.2 Å². The lowest BCUT2D eigenvalue weighted by Crippen LogP contribution is -2.19. The maximum Gasteiger partial charge on any atom is 0.213 e. The van der Waals surface area contributed by atoms with Gasteiger partial charge in [0.25, 0.3) is 0 Å². The van der Waals surface area contributed by atoms with Gasteiger partial charge in [-0.15, -0.1) is 0 Å². The van der Waals surface area contributed by atoms with Gasteiger partial charge in [-0.05, 0) is 20.2 Å². The molecule has 15 heavy (non-hydrogen) atoms. The summed E-state index contributed by atoms with van der Waals surface area (Å²) < 4.78 is 5.41. The average Bonchev–Trinajstić information content (AvgIpc) is 2.18.